The van der Waals surface area contributed by atoms with Gasteiger partial charge in [-0.3, -0.25) is 14.5 Å². The van der Waals surface area contributed by atoms with E-state index in [-0.39, 0.29) is 21.8 Å². The minimum atomic E-state index is -1.27. The summed E-state index contributed by atoms with van der Waals surface area (Å²) in [6.45, 7) is 0.713. The van der Waals surface area contributed by atoms with Crippen LogP contribution in [0.1, 0.15) is 22.7 Å². The number of carbonyl (C=O) groups is 2. The Balaban J connectivity index is 1.39. The van der Waals surface area contributed by atoms with E-state index in [1.807, 2.05) is 12.1 Å². The van der Waals surface area contributed by atoms with Crippen LogP contribution in [-0.2, 0) is 15.3 Å². The molecule has 2 aliphatic heterocycles. The predicted octanol–water partition coefficient (Wildman–Crippen LogP) is 6.02. The second-order valence-electron chi connectivity index (χ2n) is 8.81. The molecule has 0 radical (unpaired) electrons. The molecule has 1 saturated heterocycles. The van der Waals surface area contributed by atoms with E-state index in [4.69, 9.17) is 21.1 Å². The smallest absolute Gasteiger partial charge is 0.301 e. The molecule has 1 aromatic heterocycles. The Kier molecular flexibility index (Phi) is 7.18. The molecule has 4 aromatic rings. The molecule has 0 saturated carbocycles. The SMILES string of the molecule is O=C1C(=O)N(c2nnc(SCc3ccc(Cl)cc3)s2)[C@@H](c2ccccc2F)/C1=C(\O)c1ccc2c(c1)OCCO2. The lowest BCUT2D eigenvalue weighted by Gasteiger charge is -2.23. The fourth-order valence-corrected chi connectivity index (χ4v) is 6.40. The molecule has 0 unspecified atom stereocenters. The number of carbonyl (C=O) groups excluding carboxylic acids is 2. The minimum Gasteiger partial charge on any atom is -0.507 e. The van der Waals surface area contributed by atoms with Crippen LogP contribution < -0.4 is 14.4 Å². The minimum absolute atomic E-state index is 0.0337. The number of ether oxygens (including phenoxy) is 2. The molecule has 1 atom stereocenters. The summed E-state index contributed by atoms with van der Waals surface area (Å²) in [5.74, 6) is -1.57. The van der Waals surface area contributed by atoms with Gasteiger partial charge < -0.3 is 14.6 Å². The first-order valence-electron chi connectivity index (χ1n) is 12.1. The van der Waals surface area contributed by atoms with Crippen LogP contribution >= 0.6 is 34.7 Å². The molecule has 0 aliphatic carbocycles. The van der Waals surface area contributed by atoms with Gasteiger partial charge in [0, 0.05) is 21.9 Å². The number of anilines is 1. The Bertz CT molecular complexity index is 1660. The summed E-state index contributed by atoms with van der Waals surface area (Å²) in [6.07, 6.45) is 0. The number of fused-ring (bicyclic) bond motifs is 1. The fraction of sp³-hybridized carbons (Fsp3) is 0.143. The van der Waals surface area contributed by atoms with E-state index in [0.29, 0.717) is 39.8 Å². The van der Waals surface area contributed by atoms with Crippen molar-refractivity contribution in [1.82, 2.24) is 10.2 Å². The number of ketones is 1. The second kappa shape index (κ2) is 10.9. The van der Waals surface area contributed by atoms with Crippen molar-refractivity contribution >= 4 is 57.3 Å². The lowest BCUT2D eigenvalue weighted by molar-refractivity contribution is -0.132. The zero-order chi connectivity index (χ0) is 27.8. The highest BCUT2D eigenvalue weighted by atomic mass is 35.5. The lowest BCUT2D eigenvalue weighted by atomic mass is 9.95. The van der Waals surface area contributed by atoms with E-state index in [1.54, 1.807) is 30.3 Å². The molecule has 3 heterocycles. The van der Waals surface area contributed by atoms with Crippen molar-refractivity contribution in [1.29, 1.82) is 0 Å². The summed E-state index contributed by atoms with van der Waals surface area (Å²) >= 11 is 8.45. The highest BCUT2D eigenvalue weighted by Crippen LogP contribution is 2.45. The molecule has 1 N–H and O–H groups in total. The summed E-state index contributed by atoms with van der Waals surface area (Å²) < 4.78 is 26.8. The third-order valence-electron chi connectivity index (χ3n) is 6.34. The Labute approximate surface area is 241 Å². The summed E-state index contributed by atoms with van der Waals surface area (Å²) in [5, 5.41) is 20.4. The maximum atomic E-state index is 15.2. The highest BCUT2D eigenvalue weighted by molar-refractivity contribution is 8.00. The number of aliphatic hydroxyl groups is 1. The normalized spacial score (nSPS) is 17.9. The van der Waals surface area contributed by atoms with Crippen molar-refractivity contribution < 1.29 is 28.6 Å². The van der Waals surface area contributed by atoms with Gasteiger partial charge >= 0.3 is 5.91 Å². The number of rotatable bonds is 6. The van der Waals surface area contributed by atoms with Gasteiger partial charge in [0.15, 0.2) is 15.8 Å². The number of aromatic nitrogens is 2. The molecule has 0 spiro atoms. The molecule has 12 heteroatoms. The quantitative estimate of drug-likeness (QED) is 0.0949. The summed E-state index contributed by atoms with van der Waals surface area (Å²) in [5.41, 5.74) is 1.00. The average molecular weight is 596 g/mol. The number of amides is 1. The Morgan fingerprint density at radius 1 is 1.05 bits per heavy atom. The van der Waals surface area contributed by atoms with Gasteiger partial charge in [-0.25, -0.2) is 4.39 Å². The largest absolute Gasteiger partial charge is 0.507 e. The Morgan fingerprint density at radius 3 is 2.58 bits per heavy atom. The van der Waals surface area contributed by atoms with Gasteiger partial charge in [-0.2, -0.15) is 0 Å². The number of benzene rings is 3. The van der Waals surface area contributed by atoms with Crippen LogP contribution in [0.2, 0.25) is 5.02 Å². The zero-order valence-corrected chi connectivity index (χ0v) is 22.9. The maximum absolute atomic E-state index is 15.2. The number of hydrogen-bond donors (Lipinski definition) is 1. The van der Waals surface area contributed by atoms with Gasteiger partial charge in [0.2, 0.25) is 5.13 Å². The molecule has 6 rings (SSSR count). The van der Waals surface area contributed by atoms with Crippen LogP contribution in [0.25, 0.3) is 5.76 Å². The van der Waals surface area contributed by atoms with E-state index in [9.17, 15) is 14.7 Å². The number of nitrogens with zero attached hydrogens (tertiary/aromatic N) is 3. The van der Waals surface area contributed by atoms with Crippen molar-refractivity contribution in [3.63, 3.8) is 0 Å². The van der Waals surface area contributed by atoms with Gasteiger partial charge in [-0.15, -0.1) is 10.2 Å². The number of thioether (sulfide) groups is 1. The first-order valence-corrected chi connectivity index (χ1v) is 14.2. The first-order chi connectivity index (χ1) is 19.4. The summed E-state index contributed by atoms with van der Waals surface area (Å²) in [4.78, 5) is 27.9. The Morgan fingerprint density at radius 2 is 1.80 bits per heavy atom. The average Bonchev–Trinajstić information content (AvgIpc) is 3.54. The van der Waals surface area contributed by atoms with Crippen molar-refractivity contribution in [2.75, 3.05) is 18.1 Å². The fourth-order valence-electron chi connectivity index (χ4n) is 4.45. The first kappa shape index (κ1) is 26.3. The molecule has 3 aromatic carbocycles. The van der Waals surface area contributed by atoms with Crippen molar-refractivity contribution in [3.05, 3.63) is 99.8 Å². The monoisotopic (exact) mass is 595 g/mol. The van der Waals surface area contributed by atoms with Gasteiger partial charge in [0.25, 0.3) is 5.78 Å². The van der Waals surface area contributed by atoms with Crippen LogP contribution in [-0.4, -0.2) is 40.2 Å². The van der Waals surface area contributed by atoms with E-state index in [2.05, 4.69) is 10.2 Å². The van der Waals surface area contributed by atoms with Crippen LogP contribution in [0.5, 0.6) is 11.5 Å². The van der Waals surface area contributed by atoms with E-state index < -0.39 is 29.3 Å². The molecule has 1 fully saturated rings. The van der Waals surface area contributed by atoms with Crippen LogP contribution in [0.4, 0.5) is 9.52 Å². The molecule has 2 aliphatic rings. The van der Waals surface area contributed by atoms with E-state index in [1.165, 1.54) is 36.0 Å². The molecule has 1 amide bonds. The van der Waals surface area contributed by atoms with Gasteiger partial charge in [-0.05, 0) is 42.0 Å². The Hall–Kier alpha value is -3.93. The van der Waals surface area contributed by atoms with E-state index in [0.717, 1.165) is 21.8 Å². The standard InChI is InChI=1S/C28H19ClFN3O5S2/c29-17-8-5-15(6-9-17)14-39-28-32-31-27(40-28)33-23(18-3-1-2-4-19(18)30)22(25(35)26(33)36)24(34)16-7-10-20-21(13-16)38-12-11-37-20/h1-10,13,23,34H,11-12,14H2/b24-22+/t23-/m0/s1. The zero-order valence-electron chi connectivity index (χ0n) is 20.5. The van der Waals surface area contributed by atoms with E-state index >= 15 is 4.39 Å². The number of Topliss-reactive ketones (excluding diaryl/α,β-unsaturated/α-hetero) is 1. The predicted molar refractivity (Wildman–Crippen MR) is 150 cm³/mol. The van der Waals surface area contributed by atoms with Crippen molar-refractivity contribution in [3.8, 4) is 11.5 Å². The number of halogens is 2. The maximum Gasteiger partial charge on any atom is 0.301 e. The molecular weight excluding hydrogens is 577 g/mol. The topological polar surface area (TPSA) is 102 Å². The highest BCUT2D eigenvalue weighted by Gasteiger charge is 2.49. The number of aliphatic hydroxyl groups excluding tert-OH is 1. The van der Waals surface area contributed by atoms with Crippen LogP contribution in [0.3, 0.4) is 0 Å². The van der Waals surface area contributed by atoms with Gasteiger partial charge in [0.05, 0.1) is 5.57 Å². The number of hydrogen-bond acceptors (Lipinski definition) is 9. The van der Waals surface area contributed by atoms with Crippen molar-refractivity contribution in [2.45, 2.75) is 16.1 Å². The molecule has 8 nitrogen and oxygen atoms in total. The molecule has 202 valence electrons. The lowest BCUT2D eigenvalue weighted by Crippen LogP contribution is -2.29. The van der Waals surface area contributed by atoms with Crippen LogP contribution in [0.15, 0.2) is 76.6 Å². The molecular formula is C28H19ClFN3O5S2. The van der Waals surface area contributed by atoms with Gasteiger partial charge in [0.1, 0.15) is 30.8 Å². The summed E-state index contributed by atoms with van der Waals surface area (Å²) in [6, 6.07) is 16.6. The van der Waals surface area contributed by atoms with Gasteiger partial charge in [-0.1, -0.05) is 65.0 Å². The third kappa shape index (κ3) is 4.91. The third-order valence-corrected chi connectivity index (χ3v) is 8.72. The van der Waals surface area contributed by atoms with Crippen LogP contribution in [0, 0.1) is 5.82 Å². The molecule has 40 heavy (non-hydrogen) atoms. The van der Waals surface area contributed by atoms with Crippen molar-refractivity contribution in [2.24, 2.45) is 0 Å². The second-order valence-corrected chi connectivity index (χ2v) is 11.4. The summed E-state index contributed by atoms with van der Waals surface area (Å²) in [7, 11) is 0. The molecule has 0 bridgehead atoms.